The first-order chi connectivity index (χ1) is 9.52. The summed E-state index contributed by atoms with van der Waals surface area (Å²) in [7, 11) is 0. The van der Waals surface area contributed by atoms with Gasteiger partial charge in [0.05, 0.1) is 0 Å². The van der Waals surface area contributed by atoms with Crippen molar-refractivity contribution >= 4 is 0 Å². The highest BCUT2D eigenvalue weighted by Crippen LogP contribution is 2.27. The molecule has 1 N–H and O–H groups in total. The number of nitrogens with one attached hydrogen (secondary N) is 1. The van der Waals surface area contributed by atoms with Crippen LogP contribution >= 0.6 is 0 Å². The zero-order chi connectivity index (χ0) is 14.7. The Kier molecular flexibility index (Phi) is 4.61. The maximum absolute atomic E-state index is 13.9. The van der Waals surface area contributed by atoms with Gasteiger partial charge in [0, 0.05) is 23.2 Å². The molecule has 2 unspecified atom stereocenters. The average Bonchev–Trinajstić information content (AvgIpc) is 2.76. The van der Waals surface area contributed by atoms with Crippen LogP contribution in [0.15, 0.2) is 34.7 Å². The van der Waals surface area contributed by atoms with Gasteiger partial charge in [0.1, 0.15) is 17.3 Å². The topological polar surface area (TPSA) is 25.2 Å². The summed E-state index contributed by atoms with van der Waals surface area (Å²) in [6.07, 6.45) is 0.834. The molecular formula is C17H22FNO. The van der Waals surface area contributed by atoms with E-state index in [0.717, 1.165) is 29.1 Å². The minimum absolute atomic E-state index is 0.000746. The third kappa shape index (κ3) is 3.10. The van der Waals surface area contributed by atoms with Gasteiger partial charge >= 0.3 is 0 Å². The highest BCUT2D eigenvalue weighted by molar-refractivity contribution is 5.25. The Morgan fingerprint density at radius 2 is 1.90 bits per heavy atom. The molecule has 2 atom stereocenters. The summed E-state index contributed by atoms with van der Waals surface area (Å²) in [5.41, 5.74) is 1.86. The quantitative estimate of drug-likeness (QED) is 0.844. The number of hydrogen-bond acceptors (Lipinski definition) is 2. The summed E-state index contributed by atoms with van der Waals surface area (Å²) in [4.78, 5) is 0. The first kappa shape index (κ1) is 14.8. The lowest BCUT2D eigenvalue weighted by Crippen LogP contribution is -2.25. The third-order valence-corrected chi connectivity index (χ3v) is 3.69. The zero-order valence-electron chi connectivity index (χ0n) is 12.5. The first-order valence-electron chi connectivity index (χ1n) is 7.10. The molecule has 1 aromatic heterocycles. The molecule has 1 heterocycles. The minimum Gasteiger partial charge on any atom is -0.466 e. The SMILES string of the molecule is CCC(NC(C)c1cc(C)oc1C)c1ccccc1F. The van der Waals surface area contributed by atoms with Gasteiger partial charge in [0.15, 0.2) is 0 Å². The summed E-state index contributed by atoms with van der Waals surface area (Å²) >= 11 is 0. The van der Waals surface area contributed by atoms with Crippen LogP contribution < -0.4 is 5.32 Å². The fraction of sp³-hybridized carbons (Fsp3) is 0.412. The van der Waals surface area contributed by atoms with E-state index in [1.807, 2.05) is 32.0 Å². The fourth-order valence-corrected chi connectivity index (χ4v) is 2.66. The lowest BCUT2D eigenvalue weighted by molar-refractivity contribution is 0.431. The number of hydrogen-bond donors (Lipinski definition) is 1. The molecule has 0 bridgehead atoms. The Balaban J connectivity index is 2.18. The van der Waals surface area contributed by atoms with Gasteiger partial charge in [0.25, 0.3) is 0 Å². The predicted molar refractivity (Wildman–Crippen MR) is 79.2 cm³/mol. The predicted octanol–water partition coefficient (Wildman–Crippen LogP) is 4.84. The van der Waals surface area contributed by atoms with Crippen LogP contribution in [0, 0.1) is 19.7 Å². The standard InChI is InChI=1S/C17H22FNO/c1-5-17(14-8-6-7-9-16(14)18)19-12(3)15-10-11(2)20-13(15)4/h6-10,12,17,19H,5H2,1-4H3. The average molecular weight is 275 g/mol. The largest absolute Gasteiger partial charge is 0.466 e. The monoisotopic (exact) mass is 275 g/mol. The Bertz CT molecular complexity index is 576. The summed E-state index contributed by atoms with van der Waals surface area (Å²) in [6, 6.07) is 9.12. The van der Waals surface area contributed by atoms with Crippen molar-refractivity contribution in [1.29, 1.82) is 0 Å². The minimum atomic E-state index is -0.154. The number of furan rings is 1. The fourth-order valence-electron chi connectivity index (χ4n) is 2.66. The zero-order valence-corrected chi connectivity index (χ0v) is 12.5. The molecule has 20 heavy (non-hydrogen) atoms. The van der Waals surface area contributed by atoms with Gasteiger partial charge in [-0.1, -0.05) is 25.1 Å². The van der Waals surface area contributed by atoms with Crippen LogP contribution in [0.25, 0.3) is 0 Å². The normalized spacial score (nSPS) is 14.2. The van der Waals surface area contributed by atoms with E-state index in [0.29, 0.717) is 0 Å². The van der Waals surface area contributed by atoms with Crippen molar-refractivity contribution in [1.82, 2.24) is 5.32 Å². The lowest BCUT2D eigenvalue weighted by atomic mass is 10.0. The van der Waals surface area contributed by atoms with E-state index in [4.69, 9.17) is 4.42 Å². The summed E-state index contributed by atoms with van der Waals surface area (Å²) in [5.74, 6) is 1.68. The van der Waals surface area contributed by atoms with E-state index in [9.17, 15) is 4.39 Å². The second-order valence-corrected chi connectivity index (χ2v) is 5.24. The van der Waals surface area contributed by atoms with Crippen LogP contribution in [0.2, 0.25) is 0 Å². The Morgan fingerprint density at radius 3 is 2.45 bits per heavy atom. The molecule has 0 aliphatic heterocycles. The van der Waals surface area contributed by atoms with Crippen molar-refractivity contribution in [2.45, 2.75) is 46.2 Å². The molecule has 2 nitrogen and oxygen atoms in total. The number of benzene rings is 1. The number of rotatable bonds is 5. The molecule has 0 aliphatic carbocycles. The Labute approximate surface area is 120 Å². The lowest BCUT2D eigenvalue weighted by Gasteiger charge is -2.23. The summed E-state index contributed by atoms with van der Waals surface area (Å²) < 4.78 is 19.5. The molecule has 0 aliphatic rings. The van der Waals surface area contributed by atoms with Crippen molar-refractivity contribution in [2.24, 2.45) is 0 Å². The number of halogens is 1. The van der Waals surface area contributed by atoms with E-state index in [2.05, 4.69) is 19.2 Å². The third-order valence-electron chi connectivity index (χ3n) is 3.69. The summed E-state index contributed by atoms with van der Waals surface area (Å²) in [6.45, 7) is 8.05. The maximum Gasteiger partial charge on any atom is 0.127 e. The second kappa shape index (κ2) is 6.23. The van der Waals surface area contributed by atoms with Crippen molar-refractivity contribution in [3.05, 3.63) is 58.8 Å². The van der Waals surface area contributed by atoms with E-state index in [1.54, 1.807) is 6.07 Å². The van der Waals surface area contributed by atoms with Gasteiger partial charge in [0.2, 0.25) is 0 Å². The molecule has 0 radical (unpaired) electrons. The molecule has 2 aromatic rings. The molecular weight excluding hydrogens is 253 g/mol. The molecule has 0 saturated carbocycles. The van der Waals surface area contributed by atoms with Gasteiger partial charge in [-0.25, -0.2) is 4.39 Å². The van der Waals surface area contributed by atoms with Crippen LogP contribution in [-0.4, -0.2) is 0 Å². The molecule has 0 amide bonds. The molecule has 1 aromatic carbocycles. The van der Waals surface area contributed by atoms with Crippen molar-refractivity contribution in [3.63, 3.8) is 0 Å². The highest BCUT2D eigenvalue weighted by atomic mass is 19.1. The Morgan fingerprint density at radius 1 is 1.20 bits per heavy atom. The smallest absolute Gasteiger partial charge is 0.127 e. The van der Waals surface area contributed by atoms with E-state index >= 15 is 0 Å². The van der Waals surface area contributed by atoms with Crippen LogP contribution in [0.3, 0.4) is 0 Å². The van der Waals surface area contributed by atoms with E-state index in [-0.39, 0.29) is 17.9 Å². The van der Waals surface area contributed by atoms with Crippen LogP contribution in [0.5, 0.6) is 0 Å². The van der Waals surface area contributed by atoms with Crippen LogP contribution in [0.4, 0.5) is 4.39 Å². The van der Waals surface area contributed by atoms with Crippen LogP contribution in [0.1, 0.15) is 55.0 Å². The van der Waals surface area contributed by atoms with Gasteiger partial charge < -0.3 is 9.73 Å². The van der Waals surface area contributed by atoms with Crippen LogP contribution in [-0.2, 0) is 0 Å². The molecule has 108 valence electrons. The maximum atomic E-state index is 13.9. The second-order valence-electron chi connectivity index (χ2n) is 5.24. The molecule has 0 fully saturated rings. The van der Waals surface area contributed by atoms with Crippen molar-refractivity contribution < 1.29 is 8.81 Å². The van der Waals surface area contributed by atoms with Crippen molar-refractivity contribution in [3.8, 4) is 0 Å². The Hall–Kier alpha value is -1.61. The molecule has 0 saturated heterocycles. The van der Waals surface area contributed by atoms with Gasteiger partial charge in [-0.2, -0.15) is 0 Å². The number of aryl methyl sites for hydroxylation is 2. The first-order valence-corrected chi connectivity index (χ1v) is 7.10. The highest BCUT2D eigenvalue weighted by Gasteiger charge is 2.19. The molecule has 0 spiro atoms. The van der Waals surface area contributed by atoms with E-state index < -0.39 is 0 Å². The molecule has 3 heteroatoms. The molecule has 2 rings (SSSR count). The van der Waals surface area contributed by atoms with Gasteiger partial charge in [-0.3, -0.25) is 0 Å². The van der Waals surface area contributed by atoms with Gasteiger partial charge in [-0.15, -0.1) is 0 Å². The van der Waals surface area contributed by atoms with Gasteiger partial charge in [-0.05, 0) is 39.3 Å². The summed E-state index contributed by atoms with van der Waals surface area (Å²) in [5, 5.41) is 3.49. The van der Waals surface area contributed by atoms with E-state index in [1.165, 1.54) is 6.07 Å². The van der Waals surface area contributed by atoms with Crippen molar-refractivity contribution in [2.75, 3.05) is 0 Å².